The van der Waals surface area contributed by atoms with Crippen LogP contribution < -0.4 is 5.32 Å². The van der Waals surface area contributed by atoms with E-state index in [2.05, 4.69) is 25.4 Å². The lowest BCUT2D eigenvalue weighted by Gasteiger charge is -2.35. The lowest BCUT2D eigenvalue weighted by Crippen LogP contribution is -2.48. The number of carbonyl (C=O) groups excluding carboxylic acids is 1. The van der Waals surface area contributed by atoms with Crippen LogP contribution in [-0.4, -0.2) is 53.3 Å². The Labute approximate surface area is 128 Å². The molecule has 1 fully saturated rings. The van der Waals surface area contributed by atoms with Crippen molar-refractivity contribution in [2.24, 2.45) is 0 Å². The van der Waals surface area contributed by atoms with E-state index in [9.17, 15) is 4.79 Å². The molecule has 1 aliphatic rings. The van der Waals surface area contributed by atoms with Gasteiger partial charge in [0.05, 0.1) is 0 Å². The van der Waals surface area contributed by atoms with Crippen LogP contribution in [0.3, 0.4) is 0 Å². The van der Waals surface area contributed by atoms with Gasteiger partial charge in [0.25, 0.3) is 0 Å². The van der Waals surface area contributed by atoms with E-state index in [1.54, 1.807) is 0 Å². The van der Waals surface area contributed by atoms with Crippen LogP contribution in [0.4, 0.5) is 4.79 Å². The first-order valence-corrected chi connectivity index (χ1v) is 8.62. The third-order valence-corrected chi connectivity index (χ3v) is 4.77. The maximum Gasteiger partial charge on any atom is 0.410 e. The summed E-state index contributed by atoms with van der Waals surface area (Å²) in [5.74, 6) is 0. The first kappa shape index (κ1) is 17.6. The third kappa shape index (κ3) is 6.35. The van der Waals surface area contributed by atoms with Gasteiger partial charge in [-0.2, -0.15) is 11.8 Å². The Balaban J connectivity index is 2.31. The van der Waals surface area contributed by atoms with Crippen molar-refractivity contribution in [1.82, 2.24) is 10.2 Å². The quantitative estimate of drug-likeness (QED) is 0.866. The molecule has 0 saturated carbocycles. The van der Waals surface area contributed by atoms with Gasteiger partial charge in [-0.1, -0.05) is 0 Å². The first-order valence-electron chi connectivity index (χ1n) is 7.39. The lowest BCUT2D eigenvalue weighted by atomic mass is 10.0. The molecule has 0 atom stereocenters. The van der Waals surface area contributed by atoms with E-state index in [1.165, 1.54) is 0 Å². The second kappa shape index (κ2) is 7.03. The van der Waals surface area contributed by atoms with Gasteiger partial charge in [0.2, 0.25) is 0 Å². The minimum absolute atomic E-state index is 0.180. The highest BCUT2D eigenvalue weighted by molar-refractivity contribution is 7.99. The molecule has 0 unspecified atom stereocenters. The molecule has 118 valence electrons. The van der Waals surface area contributed by atoms with Gasteiger partial charge in [-0.3, -0.25) is 0 Å². The van der Waals surface area contributed by atoms with Crippen molar-refractivity contribution in [3.05, 3.63) is 0 Å². The number of hydrogen-bond donors (Lipinski definition) is 1. The number of nitrogens with one attached hydrogen (secondary N) is 1. The van der Waals surface area contributed by atoms with Crippen LogP contribution in [-0.2, 0) is 4.74 Å². The predicted molar refractivity (Wildman–Crippen MR) is 86.4 cm³/mol. The minimum Gasteiger partial charge on any atom is -0.444 e. The highest BCUT2D eigenvalue weighted by atomic mass is 32.2. The topological polar surface area (TPSA) is 41.6 Å². The molecule has 0 radical (unpaired) electrons. The minimum atomic E-state index is -0.408. The molecule has 1 rings (SSSR count). The van der Waals surface area contributed by atoms with E-state index in [0.717, 1.165) is 32.5 Å². The number of ether oxygens (including phenoxy) is 1. The summed E-state index contributed by atoms with van der Waals surface area (Å²) in [6, 6.07) is 0.514. The number of carbonyl (C=O) groups is 1. The second-order valence-corrected chi connectivity index (χ2v) is 8.60. The highest BCUT2D eigenvalue weighted by Gasteiger charge is 2.27. The Morgan fingerprint density at radius 2 is 1.80 bits per heavy atom. The standard InChI is InChI=1S/C15H30N2O2S/c1-14(2,3)19-13(18)17-9-7-12(8-10-17)16-11-15(4,5)20-6/h12,16H,7-11H2,1-6H3. The first-order chi connectivity index (χ1) is 9.13. The van der Waals surface area contributed by atoms with E-state index in [0.29, 0.717) is 6.04 Å². The summed E-state index contributed by atoms with van der Waals surface area (Å²) in [6.07, 6.45) is 3.97. The maximum absolute atomic E-state index is 12.0. The molecule has 1 aliphatic heterocycles. The SMILES string of the molecule is CSC(C)(C)CNC1CCN(C(=O)OC(C)(C)C)CC1. The fraction of sp³-hybridized carbons (Fsp3) is 0.933. The van der Waals surface area contributed by atoms with Crippen molar-refractivity contribution in [3.8, 4) is 0 Å². The molecule has 0 aromatic rings. The van der Waals surface area contributed by atoms with Crippen LogP contribution >= 0.6 is 11.8 Å². The van der Waals surface area contributed by atoms with E-state index < -0.39 is 5.60 Å². The Hall–Kier alpha value is -0.420. The van der Waals surface area contributed by atoms with Gasteiger partial charge in [-0.15, -0.1) is 0 Å². The molecule has 0 aromatic carbocycles. The van der Waals surface area contributed by atoms with Gasteiger partial charge in [-0.05, 0) is 53.7 Å². The number of rotatable bonds is 4. The number of likely N-dealkylation sites (tertiary alicyclic amines) is 1. The van der Waals surface area contributed by atoms with Gasteiger partial charge >= 0.3 is 6.09 Å². The van der Waals surface area contributed by atoms with Crippen molar-refractivity contribution in [1.29, 1.82) is 0 Å². The Morgan fingerprint density at radius 1 is 1.25 bits per heavy atom. The normalized spacial score (nSPS) is 18.2. The molecule has 1 N–H and O–H groups in total. The molecule has 0 spiro atoms. The largest absolute Gasteiger partial charge is 0.444 e. The molecule has 1 saturated heterocycles. The number of piperidine rings is 1. The van der Waals surface area contributed by atoms with Crippen LogP contribution in [0.5, 0.6) is 0 Å². The van der Waals surface area contributed by atoms with E-state index in [4.69, 9.17) is 4.74 Å². The summed E-state index contributed by atoms with van der Waals surface area (Å²) in [5, 5.41) is 3.62. The zero-order chi connectivity index (χ0) is 15.4. The molecule has 5 heteroatoms. The van der Waals surface area contributed by atoms with Crippen molar-refractivity contribution in [2.45, 2.75) is 63.9 Å². The zero-order valence-corrected chi connectivity index (χ0v) is 14.6. The van der Waals surface area contributed by atoms with Crippen LogP contribution in [0.1, 0.15) is 47.5 Å². The van der Waals surface area contributed by atoms with E-state index in [-0.39, 0.29) is 10.8 Å². The average Bonchev–Trinajstić information content (AvgIpc) is 2.35. The smallest absolute Gasteiger partial charge is 0.410 e. The lowest BCUT2D eigenvalue weighted by molar-refractivity contribution is 0.0198. The Morgan fingerprint density at radius 3 is 2.25 bits per heavy atom. The van der Waals surface area contributed by atoms with Crippen LogP contribution in [0.25, 0.3) is 0 Å². The van der Waals surface area contributed by atoms with Crippen molar-refractivity contribution in [3.63, 3.8) is 0 Å². The molecule has 0 bridgehead atoms. The molecule has 1 heterocycles. The van der Waals surface area contributed by atoms with Gasteiger partial charge in [0.15, 0.2) is 0 Å². The maximum atomic E-state index is 12.0. The van der Waals surface area contributed by atoms with Gasteiger partial charge in [0, 0.05) is 30.4 Å². The van der Waals surface area contributed by atoms with Crippen LogP contribution in [0.15, 0.2) is 0 Å². The number of amides is 1. The fourth-order valence-corrected chi connectivity index (χ4v) is 2.28. The summed E-state index contributed by atoms with van der Waals surface area (Å²) in [4.78, 5) is 13.8. The Bertz CT molecular complexity index is 318. The molecule has 0 aromatic heterocycles. The zero-order valence-electron chi connectivity index (χ0n) is 13.8. The predicted octanol–water partition coefficient (Wildman–Crippen LogP) is 3.12. The second-order valence-electron chi connectivity index (χ2n) is 7.09. The fourth-order valence-electron chi connectivity index (χ4n) is 2.05. The Kier molecular flexibility index (Phi) is 6.20. The summed E-state index contributed by atoms with van der Waals surface area (Å²) >= 11 is 1.88. The average molecular weight is 302 g/mol. The summed E-state index contributed by atoms with van der Waals surface area (Å²) in [5.41, 5.74) is -0.408. The summed E-state index contributed by atoms with van der Waals surface area (Å²) in [6.45, 7) is 12.8. The van der Waals surface area contributed by atoms with Gasteiger partial charge in [-0.25, -0.2) is 4.79 Å². The molecular weight excluding hydrogens is 272 g/mol. The van der Waals surface area contributed by atoms with Gasteiger partial charge < -0.3 is 15.0 Å². The summed E-state index contributed by atoms with van der Waals surface area (Å²) < 4.78 is 5.67. The molecule has 1 amide bonds. The van der Waals surface area contributed by atoms with E-state index >= 15 is 0 Å². The highest BCUT2D eigenvalue weighted by Crippen LogP contribution is 2.21. The third-order valence-electron chi connectivity index (χ3n) is 3.52. The van der Waals surface area contributed by atoms with Crippen molar-refractivity contribution in [2.75, 3.05) is 25.9 Å². The molecule has 20 heavy (non-hydrogen) atoms. The molecular formula is C15H30N2O2S. The van der Waals surface area contributed by atoms with Crippen LogP contribution in [0.2, 0.25) is 0 Å². The van der Waals surface area contributed by atoms with Crippen LogP contribution in [0, 0.1) is 0 Å². The number of nitrogens with zero attached hydrogens (tertiary/aromatic N) is 1. The summed E-state index contributed by atoms with van der Waals surface area (Å²) in [7, 11) is 0. The van der Waals surface area contributed by atoms with Crippen molar-refractivity contribution < 1.29 is 9.53 Å². The molecule has 4 nitrogen and oxygen atoms in total. The molecule has 0 aliphatic carbocycles. The van der Waals surface area contributed by atoms with Crippen molar-refractivity contribution >= 4 is 17.9 Å². The number of thioether (sulfide) groups is 1. The van der Waals surface area contributed by atoms with E-state index in [1.807, 2.05) is 37.4 Å². The number of hydrogen-bond acceptors (Lipinski definition) is 4. The van der Waals surface area contributed by atoms with Gasteiger partial charge in [0.1, 0.15) is 5.60 Å². The monoisotopic (exact) mass is 302 g/mol.